The molecule has 0 N–H and O–H groups in total. The first-order valence-corrected chi connectivity index (χ1v) is 13.4. The fourth-order valence-electron chi connectivity index (χ4n) is 4.48. The zero-order valence-corrected chi connectivity index (χ0v) is 22.1. The molecule has 0 aliphatic carbocycles. The smallest absolute Gasteiger partial charge is 0.343 e. The molecule has 37 heavy (non-hydrogen) atoms. The minimum atomic E-state index is -0.489. The predicted molar refractivity (Wildman–Crippen MR) is 143 cm³/mol. The Morgan fingerprint density at radius 3 is 2.68 bits per heavy atom. The van der Waals surface area contributed by atoms with Gasteiger partial charge in [0.05, 0.1) is 17.5 Å². The molecular formula is C29H31FN2O4S. The van der Waals surface area contributed by atoms with Crippen molar-refractivity contribution in [2.45, 2.75) is 38.5 Å². The predicted octanol–water partition coefficient (Wildman–Crippen LogP) is 6.13. The summed E-state index contributed by atoms with van der Waals surface area (Å²) in [5.74, 6) is 0.356. The summed E-state index contributed by atoms with van der Waals surface area (Å²) >= 11 is 1.49. The van der Waals surface area contributed by atoms with Gasteiger partial charge in [-0.1, -0.05) is 25.5 Å². The lowest BCUT2D eigenvalue weighted by Gasteiger charge is -2.26. The fourth-order valence-corrected chi connectivity index (χ4v) is 5.65. The van der Waals surface area contributed by atoms with Crippen LogP contribution in [-0.4, -0.2) is 36.3 Å². The van der Waals surface area contributed by atoms with E-state index in [2.05, 4.69) is 11.9 Å². The van der Waals surface area contributed by atoms with Crippen LogP contribution in [0.3, 0.4) is 0 Å². The van der Waals surface area contributed by atoms with Crippen LogP contribution >= 0.6 is 11.8 Å². The third-order valence-electron chi connectivity index (χ3n) is 6.53. The van der Waals surface area contributed by atoms with Crippen molar-refractivity contribution in [1.29, 1.82) is 0 Å². The van der Waals surface area contributed by atoms with Crippen LogP contribution in [0, 0.1) is 18.7 Å². The van der Waals surface area contributed by atoms with E-state index >= 15 is 0 Å². The standard InChI is InChI=1S/C29H31FN2O4S/c1-4-20(11-12-35-3)14-21-15-25(17-31-16-21)36-29(34)23-7-10-26(19(2)13-23)32-27(33)18-37-28(32)22-5-8-24(30)9-6-22/h5-10,13,15-17,20,28H,4,11-12,14,18H2,1-3H3. The van der Waals surface area contributed by atoms with Crippen molar-refractivity contribution in [3.63, 3.8) is 0 Å². The monoisotopic (exact) mass is 522 g/mol. The van der Waals surface area contributed by atoms with Gasteiger partial charge in [-0.2, -0.15) is 0 Å². The van der Waals surface area contributed by atoms with Gasteiger partial charge in [0, 0.05) is 25.6 Å². The van der Waals surface area contributed by atoms with Crippen molar-refractivity contribution in [1.82, 2.24) is 4.98 Å². The maximum atomic E-state index is 13.4. The topological polar surface area (TPSA) is 68.7 Å². The highest BCUT2D eigenvalue weighted by Crippen LogP contribution is 2.43. The van der Waals surface area contributed by atoms with E-state index in [1.54, 1.807) is 48.5 Å². The second-order valence-electron chi connectivity index (χ2n) is 9.16. The van der Waals surface area contributed by atoms with Crippen molar-refractivity contribution in [2.24, 2.45) is 5.92 Å². The number of rotatable bonds is 10. The number of pyridine rings is 1. The number of esters is 1. The van der Waals surface area contributed by atoms with Gasteiger partial charge in [-0.05, 0) is 78.8 Å². The molecule has 3 aromatic rings. The van der Waals surface area contributed by atoms with Crippen LogP contribution in [0.2, 0.25) is 0 Å². The highest BCUT2D eigenvalue weighted by Gasteiger charge is 2.35. The number of methoxy groups -OCH3 is 1. The third-order valence-corrected chi connectivity index (χ3v) is 7.74. The zero-order valence-electron chi connectivity index (χ0n) is 21.3. The van der Waals surface area contributed by atoms with E-state index in [1.165, 1.54) is 30.1 Å². The molecule has 0 bridgehead atoms. The molecule has 0 spiro atoms. The highest BCUT2D eigenvalue weighted by molar-refractivity contribution is 8.00. The summed E-state index contributed by atoms with van der Waals surface area (Å²) in [7, 11) is 1.70. The van der Waals surface area contributed by atoms with E-state index in [0.717, 1.165) is 36.0 Å². The normalized spacial score (nSPS) is 16.2. The Hall–Kier alpha value is -3.23. The number of carbonyl (C=O) groups excluding carboxylic acids is 2. The van der Waals surface area contributed by atoms with Crippen LogP contribution in [-0.2, 0) is 16.0 Å². The molecule has 2 atom stereocenters. The first-order valence-electron chi connectivity index (χ1n) is 12.3. The summed E-state index contributed by atoms with van der Waals surface area (Å²) in [6, 6.07) is 13.2. The van der Waals surface area contributed by atoms with E-state index in [0.29, 0.717) is 35.3 Å². The van der Waals surface area contributed by atoms with E-state index in [9.17, 15) is 14.0 Å². The molecule has 1 aliphatic heterocycles. The van der Waals surface area contributed by atoms with Crippen LogP contribution in [0.15, 0.2) is 60.9 Å². The molecule has 2 heterocycles. The number of anilines is 1. The molecule has 4 rings (SSSR count). The maximum Gasteiger partial charge on any atom is 0.343 e. The summed E-state index contributed by atoms with van der Waals surface area (Å²) in [5, 5.41) is -0.255. The molecule has 0 radical (unpaired) electrons. The van der Waals surface area contributed by atoms with Gasteiger partial charge >= 0.3 is 5.97 Å². The van der Waals surface area contributed by atoms with Gasteiger partial charge in [0.2, 0.25) is 5.91 Å². The minimum Gasteiger partial charge on any atom is -0.421 e. The quantitative estimate of drug-likeness (QED) is 0.298. The van der Waals surface area contributed by atoms with Crippen LogP contribution in [0.4, 0.5) is 10.1 Å². The largest absolute Gasteiger partial charge is 0.421 e. The molecule has 194 valence electrons. The molecule has 1 aliphatic rings. The molecule has 2 aromatic carbocycles. The number of amides is 1. The fraction of sp³-hybridized carbons (Fsp3) is 0.345. The Bertz CT molecular complexity index is 1250. The van der Waals surface area contributed by atoms with Gasteiger partial charge in [0.1, 0.15) is 16.9 Å². The van der Waals surface area contributed by atoms with Crippen molar-refractivity contribution < 1.29 is 23.5 Å². The Morgan fingerprint density at radius 2 is 1.97 bits per heavy atom. The van der Waals surface area contributed by atoms with Gasteiger partial charge in [-0.15, -0.1) is 11.8 Å². The van der Waals surface area contributed by atoms with Gasteiger partial charge in [-0.3, -0.25) is 14.7 Å². The van der Waals surface area contributed by atoms with Crippen molar-refractivity contribution in [3.8, 4) is 5.75 Å². The van der Waals surface area contributed by atoms with Crippen molar-refractivity contribution in [3.05, 3.63) is 89.0 Å². The minimum absolute atomic E-state index is 0.0310. The van der Waals surface area contributed by atoms with E-state index in [1.807, 2.05) is 13.0 Å². The van der Waals surface area contributed by atoms with Gasteiger partial charge in [0.25, 0.3) is 0 Å². The first-order chi connectivity index (χ1) is 17.9. The molecule has 1 saturated heterocycles. The number of hydrogen-bond acceptors (Lipinski definition) is 6. The van der Waals surface area contributed by atoms with Crippen LogP contribution in [0.25, 0.3) is 0 Å². The number of halogens is 1. The van der Waals surface area contributed by atoms with Crippen LogP contribution in [0.1, 0.15) is 52.2 Å². The second kappa shape index (κ2) is 12.3. The van der Waals surface area contributed by atoms with E-state index in [-0.39, 0.29) is 17.1 Å². The van der Waals surface area contributed by atoms with Gasteiger partial charge in [-0.25, -0.2) is 9.18 Å². The summed E-state index contributed by atoms with van der Waals surface area (Å²) in [6.45, 7) is 4.72. The summed E-state index contributed by atoms with van der Waals surface area (Å²) in [4.78, 5) is 31.6. The number of nitrogens with zero attached hydrogens (tertiary/aromatic N) is 2. The number of ether oxygens (including phenoxy) is 2. The summed E-state index contributed by atoms with van der Waals surface area (Å²) < 4.78 is 24.2. The lowest BCUT2D eigenvalue weighted by Crippen LogP contribution is -2.28. The Labute approximate surface area is 221 Å². The number of benzene rings is 2. The molecule has 0 saturated carbocycles. The highest BCUT2D eigenvalue weighted by atomic mass is 32.2. The van der Waals surface area contributed by atoms with Crippen LogP contribution in [0.5, 0.6) is 5.75 Å². The maximum absolute atomic E-state index is 13.4. The van der Waals surface area contributed by atoms with Crippen LogP contribution < -0.4 is 9.64 Å². The lowest BCUT2D eigenvalue weighted by atomic mass is 9.95. The van der Waals surface area contributed by atoms with Crippen molar-refractivity contribution in [2.75, 3.05) is 24.4 Å². The van der Waals surface area contributed by atoms with Gasteiger partial charge < -0.3 is 9.47 Å². The molecule has 1 aromatic heterocycles. The Balaban J connectivity index is 1.48. The Kier molecular flexibility index (Phi) is 8.95. The average Bonchev–Trinajstić information content (AvgIpc) is 3.28. The first kappa shape index (κ1) is 26.8. The number of hydrogen-bond donors (Lipinski definition) is 0. The molecule has 6 nitrogen and oxygen atoms in total. The lowest BCUT2D eigenvalue weighted by molar-refractivity contribution is -0.115. The molecule has 8 heteroatoms. The number of aryl methyl sites for hydroxylation is 1. The molecular weight excluding hydrogens is 491 g/mol. The van der Waals surface area contributed by atoms with E-state index in [4.69, 9.17) is 9.47 Å². The SMILES string of the molecule is CCC(CCOC)Cc1cncc(OC(=O)c2ccc(N3C(=O)CSC3c3ccc(F)cc3)c(C)c2)c1. The molecule has 1 amide bonds. The third kappa shape index (κ3) is 6.56. The average molecular weight is 523 g/mol. The summed E-state index contributed by atoms with van der Waals surface area (Å²) in [5.41, 5.74) is 3.73. The summed E-state index contributed by atoms with van der Waals surface area (Å²) in [6.07, 6.45) is 6.16. The number of thioether (sulfide) groups is 1. The second-order valence-corrected chi connectivity index (χ2v) is 10.2. The molecule has 2 unspecified atom stereocenters. The number of aromatic nitrogens is 1. The van der Waals surface area contributed by atoms with Crippen molar-refractivity contribution >= 4 is 29.3 Å². The number of carbonyl (C=O) groups is 2. The van der Waals surface area contributed by atoms with E-state index < -0.39 is 5.97 Å². The molecule has 1 fully saturated rings. The zero-order chi connectivity index (χ0) is 26.4. The Morgan fingerprint density at radius 1 is 1.19 bits per heavy atom. The van der Waals surface area contributed by atoms with Gasteiger partial charge in [0.15, 0.2) is 0 Å².